The first-order valence-electron chi connectivity index (χ1n) is 10.6. The predicted molar refractivity (Wildman–Crippen MR) is 112 cm³/mol. The molecule has 0 bridgehead atoms. The molecule has 3 rings (SSSR count). The number of carbonyl (C=O) groups is 3. The maximum absolute atomic E-state index is 12.8. The minimum absolute atomic E-state index is 0.183. The molecule has 0 spiro atoms. The lowest BCUT2D eigenvalue weighted by Gasteiger charge is -2.29. The van der Waals surface area contributed by atoms with Gasteiger partial charge < -0.3 is 30.2 Å². The molecule has 0 aliphatic carbocycles. The molecule has 1 fully saturated rings. The molecular weight excluding hydrogens is 404 g/mol. The molecule has 10 nitrogen and oxygen atoms in total. The van der Waals surface area contributed by atoms with Crippen LogP contribution in [0.25, 0.3) is 0 Å². The van der Waals surface area contributed by atoms with Crippen LogP contribution in [0.3, 0.4) is 0 Å². The van der Waals surface area contributed by atoms with E-state index < -0.39 is 11.9 Å². The Labute approximate surface area is 181 Å². The third-order valence-corrected chi connectivity index (χ3v) is 5.15. The van der Waals surface area contributed by atoms with Gasteiger partial charge in [-0.2, -0.15) is 0 Å². The number of nitrogens with two attached hydrogens (primary N) is 1. The van der Waals surface area contributed by atoms with Gasteiger partial charge >= 0.3 is 0 Å². The summed E-state index contributed by atoms with van der Waals surface area (Å²) < 4.78 is 16.2. The van der Waals surface area contributed by atoms with E-state index in [0.29, 0.717) is 71.3 Å². The van der Waals surface area contributed by atoms with Crippen LogP contribution in [0, 0.1) is 0 Å². The molecule has 1 aromatic carbocycles. The number of benzene rings is 1. The zero-order valence-corrected chi connectivity index (χ0v) is 17.6. The summed E-state index contributed by atoms with van der Waals surface area (Å²) in [5, 5.41) is 5.62. The highest BCUT2D eigenvalue weighted by molar-refractivity contribution is 6.06. The number of fused-ring (bicyclic) bond motifs is 1. The van der Waals surface area contributed by atoms with Gasteiger partial charge in [0, 0.05) is 42.9 Å². The van der Waals surface area contributed by atoms with E-state index in [9.17, 15) is 14.4 Å². The average molecular weight is 434 g/mol. The summed E-state index contributed by atoms with van der Waals surface area (Å²) in [6, 6.07) is 4.87. The van der Waals surface area contributed by atoms with Crippen molar-refractivity contribution in [2.75, 3.05) is 58.0 Å². The first-order valence-corrected chi connectivity index (χ1v) is 10.6. The molecule has 0 aromatic heterocycles. The summed E-state index contributed by atoms with van der Waals surface area (Å²) in [6.45, 7) is 4.43. The van der Waals surface area contributed by atoms with E-state index in [2.05, 4.69) is 10.6 Å². The lowest BCUT2D eigenvalue weighted by atomic mass is 10.0. The number of piperidine rings is 1. The lowest BCUT2D eigenvalue weighted by Crippen LogP contribution is -2.52. The minimum atomic E-state index is -0.616. The Hall–Kier alpha value is -2.53. The number of ether oxygens (including phenoxy) is 3. The Bertz CT molecular complexity index is 787. The molecule has 1 aromatic rings. The van der Waals surface area contributed by atoms with Crippen LogP contribution in [-0.4, -0.2) is 81.4 Å². The van der Waals surface area contributed by atoms with Gasteiger partial charge in [-0.05, 0) is 18.6 Å². The first kappa shape index (κ1) is 23.1. The highest BCUT2D eigenvalue weighted by Crippen LogP contribution is 2.32. The van der Waals surface area contributed by atoms with Gasteiger partial charge in [0.1, 0.15) is 6.04 Å². The number of anilines is 1. The van der Waals surface area contributed by atoms with E-state index in [1.54, 1.807) is 11.0 Å². The molecule has 0 saturated carbocycles. The molecule has 1 saturated heterocycles. The fourth-order valence-electron chi connectivity index (χ4n) is 3.63. The maximum Gasteiger partial charge on any atom is 0.255 e. The molecule has 4 N–H and O–H groups in total. The van der Waals surface area contributed by atoms with Crippen LogP contribution in [0.1, 0.15) is 28.8 Å². The number of nitrogens with one attached hydrogen (secondary N) is 2. The molecule has 1 atom stereocenters. The fraction of sp³-hybridized carbons (Fsp3) is 0.571. The Morgan fingerprint density at radius 3 is 2.45 bits per heavy atom. The van der Waals surface area contributed by atoms with Crippen LogP contribution in [0.5, 0.6) is 0 Å². The molecule has 3 amide bonds. The van der Waals surface area contributed by atoms with Crippen LogP contribution in [-0.2, 0) is 30.3 Å². The third-order valence-electron chi connectivity index (χ3n) is 5.15. The van der Waals surface area contributed by atoms with Gasteiger partial charge in [-0.3, -0.25) is 19.7 Å². The summed E-state index contributed by atoms with van der Waals surface area (Å²) in [4.78, 5) is 37.9. The minimum Gasteiger partial charge on any atom is -0.382 e. The Morgan fingerprint density at radius 2 is 1.74 bits per heavy atom. The average Bonchev–Trinajstić information content (AvgIpc) is 3.09. The van der Waals surface area contributed by atoms with Crippen molar-refractivity contribution < 1.29 is 28.6 Å². The van der Waals surface area contributed by atoms with Gasteiger partial charge in [0.05, 0.1) is 39.6 Å². The van der Waals surface area contributed by atoms with Crippen LogP contribution < -0.4 is 16.4 Å². The second-order valence-electron chi connectivity index (χ2n) is 7.28. The fourth-order valence-corrected chi connectivity index (χ4v) is 3.63. The number of imide groups is 1. The predicted octanol–water partition coefficient (Wildman–Crippen LogP) is -0.132. The smallest absolute Gasteiger partial charge is 0.255 e. The van der Waals surface area contributed by atoms with Crippen molar-refractivity contribution in [1.29, 1.82) is 0 Å². The van der Waals surface area contributed by atoms with Gasteiger partial charge in [0.15, 0.2) is 0 Å². The topological polar surface area (TPSA) is 132 Å². The molecule has 2 heterocycles. The van der Waals surface area contributed by atoms with Crippen LogP contribution in [0.2, 0.25) is 0 Å². The van der Waals surface area contributed by atoms with E-state index in [4.69, 9.17) is 19.9 Å². The van der Waals surface area contributed by atoms with Crippen molar-refractivity contribution in [3.05, 3.63) is 29.3 Å². The van der Waals surface area contributed by atoms with Gasteiger partial charge in [-0.1, -0.05) is 6.07 Å². The molecule has 2 aliphatic rings. The van der Waals surface area contributed by atoms with Crippen molar-refractivity contribution in [2.45, 2.75) is 25.4 Å². The van der Waals surface area contributed by atoms with Gasteiger partial charge in [-0.15, -0.1) is 0 Å². The largest absolute Gasteiger partial charge is 0.382 e. The SMILES string of the molecule is NCCOCCOCCOCCNc1cccc2c1CN(C1CCC(=O)NC1=O)C2=O. The maximum atomic E-state index is 12.8. The normalized spacial score (nSPS) is 18.3. The number of rotatable bonds is 13. The summed E-state index contributed by atoms with van der Waals surface area (Å²) >= 11 is 0. The monoisotopic (exact) mass is 434 g/mol. The van der Waals surface area contributed by atoms with Crippen LogP contribution >= 0.6 is 0 Å². The molecule has 10 heteroatoms. The van der Waals surface area contributed by atoms with Gasteiger partial charge in [0.2, 0.25) is 11.8 Å². The van der Waals surface area contributed by atoms with Crippen molar-refractivity contribution in [2.24, 2.45) is 5.73 Å². The number of carbonyl (C=O) groups excluding carboxylic acids is 3. The second kappa shape index (κ2) is 11.8. The van der Waals surface area contributed by atoms with E-state index >= 15 is 0 Å². The highest BCUT2D eigenvalue weighted by Gasteiger charge is 2.39. The van der Waals surface area contributed by atoms with E-state index in [1.165, 1.54) is 0 Å². The molecule has 170 valence electrons. The third kappa shape index (κ3) is 6.23. The van der Waals surface area contributed by atoms with Crippen LogP contribution in [0.4, 0.5) is 5.69 Å². The summed E-state index contributed by atoms with van der Waals surface area (Å²) in [6.07, 6.45) is 0.589. The molecule has 0 radical (unpaired) electrons. The van der Waals surface area contributed by atoms with Crippen molar-refractivity contribution in [1.82, 2.24) is 10.2 Å². The van der Waals surface area contributed by atoms with Crippen molar-refractivity contribution in [3.63, 3.8) is 0 Å². The zero-order valence-electron chi connectivity index (χ0n) is 17.6. The number of hydrogen-bond donors (Lipinski definition) is 3. The van der Waals surface area contributed by atoms with Crippen LogP contribution in [0.15, 0.2) is 18.2 Å². The number of amides is 3. The Balaban J connectivity index is 1.40. The number of nitrogens with zero attached hydrogens (tertiary/aromatic N) is 1. The summed E-state index contributed by atoms with van der Waals surface area (Å²) in [5.74, 6) is -0.886. The van der Waals surface area contributed by atoms with Gasteiger partial charge in [-0.25, -0.2) is 0 Å². The quantitative estimate of drug-likeness (QED) is 0.289. The summed E-state index contributed by atoms with van der Waals surface area (Å²) in [7, 11) is 0. The molecular formula is C21H30N4O6. The lowest BCUT2D eigenvalue weighted by molar-refractivity contribution is -0.136. The Kier molecular flexibility index (Phi) is 8.77. The van der Waals surface area contributed by atoms with E-state index in [0.717, 1.165) is 11.3 Å². The van der Waals surface area contributed by atoms with Crippen molar-refractivity contribution in [3.8, 4) is 0 Å². The van der Waals surface area contributed by atoms with Gasteiger partial charge in [0.25, 0.3) is 5.91 Å². The van der Waals surface area contributed by atoms with E-state index in [-0.39, 0.29) is 18.2 Å². The molecule has 1 unspecified atom stereocenters. The number of hydrogen-bond acceptors (Lipinski definition) is 8. The Morgan fingerprint density at radius 1 is 1.03 bits per heavy atom. The molecule has 31 heavy (non-hydrogen) atoms. The van der Waals surface area contributed by atoms with Crippen molar-refractivity contribution >= 4 is 23.4 Å². The summed E-state index contributed by atoms with van der Waals surface area (Å²) in [5.41, 5.74) is 7.62. The highest BCUT2D eigenvalue weighted by atomic mass is 16.5. The van der Waals surface area contributed by atoms with E-state index in [1.807, 2.05) is 12.1 Å². The second-order valence-corrected chi connectivity index (χ2v) is 7.28. The standard InChI is InChI=1S/C21H30N4O6/c22-6-8-29-10-12-31-13-11-30-9-7-23-17-3-1-2-15-16(17)14-25(21(15)28)18-4-5-19(26)24-20(18)27/h1-3,18,23H,4-14,22H2,(H,24,26,27). The first-order chi connectivity index (χ1) is 15.1. The molecule has 2 aliphatic heterocycles. The zero-order chi connectivity index (χ0) is 22.1.